The molecule has 0 aliphatic heterocycles. The van der Waals surface area contributed by atoms with E-state index in [-0.39, 0.29) is 11.6 Å². The number of non-ortho nitro benzene ring substituents is 1. The van der Waals surface area contributed by atoms with Gasteiger partial charge in [-0.05, 0) is 19.1 Å². The van der Waals surface area contributed by atoms with Crippen molar-refractivity contribution >= 4 is 17.3 Å². The maximum Gasteiger partial charge on any atom is 0.273 e. The van der Waals surface area contributed by atoms with E-state index in [0.29, 0.717) is 11.4 Å². The molecule has 0 aliphatic carbocycles. The van der Waals surface area contributed by atoms with Gasteiger partial charge in [0.15, 0.2) is 0 Å². The first-order chi connectivity index (χ1) is 8.97. The fourth-order valence-electron chi connectivity index (χ4n) is 1.72. The summed E-state index contributed by atoms with van der Waals surface area (Å²) >= 11 is 0. The lowest BCUT2D eigenvalue weighted by molar-refractivity contribution is -0.384. The third kappa shape index (κ3) is 2.76. The molecule has 7 nitrogen and oxygen atoms in total. The van der Waals surface area contributed by atoms with Gasteiger partial charge in [0.2, 0.25) is 0 Å². The van der Waals surface area contributed by atoms with Gasteiger partial charge in [-0.25, -0.2) is 0 Å². The Balaban J connectivity index is 2.21. The van der Waals surface area contributed by atoms with E-state index in [9.17, 15) is 14.9 Å². The van der Waals surface area contributed by atoms with Crippen LogP contribution in [0.3, 0.4) is 0 Å². The third-order valence-corrected chi connectivity index (χ3v) is 2.55. The van der Waals surface area contributed by atoms with Gasteiger partial charge in [-0.2, -0.15) is 5.10 Å². The van der Waals surface area contributed by atoms with Gasteiger partial charge >= 0.3 is 0 Å². The highest BCUT2D eigenvalue weighted by molar-refractivity contribution is 6.03. The fourth-order valence-corrected chi connectivity index (χ4v) is 1.72. The largest absolute Gasteiger partial charge is 0.320 e. The Morgan fingerprint density at radius 2 is 2.16 bits per heavy atom. The van der Waals surface area contributed by atoms with Gasteiger partial charge in [-0.3, -0.25) is 19.6 Å². The van der Waals surface area contributed by atoms with Gasteiger partial charge in [0.1, 0.15) is 5.69 Å². The minimum Gasteiger partial charge on any atom is -0.320 e. The summed E-state index contributed by atoms with van der Waals surface area (Å²) in [5, 5.41) is 17.3. The molecule has 0 saturated heterocycles. The summed E-state index contributed by atoms with van der Waals surface area (Å²) in [7, 11) is 1.66. The molecule has 2 rings (SSSR count). The number of nitrogens with zero attached hydrogens (tertiary/aromatic N) is 3. The van der Waals surface area contributed by atoms with Crippen LogP contribution in [0.1, 0.15) is 16.2 Å². The molecule has 0 unspecified atom stereocenters. The molecule has 19 heavy (non-hydrogen) atoms. The van der Waals surface area contributed by atoms with Crippen LogP contribution in [0.2, 0.25) is 0 Å². The smallest absolute Gasteiger partial charge is 0.273 e. The van der Waals surface area contributed by atoms with Crippen LogP contribution in [0.4, 0.5) is 11.4 Å². The number of hydrogen-bond acceptors (Lipinski definition) is 4. The molecule has 1 heterocycles. The zero-order valence-electron chi connectivity index (χ0n) is 10.5. The summed E-state index contributed by atoms with van der Waals surface area (Å²) in [6.07, 6.45) is 0. The van der Waals surface area contributed by atoms with Crippen molar-refractivity contribution in [2.75, 3.05) is 5.32 Å². The number of nitro groups is 1. The molecule has 0 bridgehead atoms. The summed E-state index contributed by atoms with van der Waals surface area (Å²) in [4.78, 5) is 22.1. The van der Waals surface area contributed by atoms with Crippen LogP contribution in [0.25, 0.3) is 0 Å². The number of aromatic nitrogens is 2. The van der Waals surface area contributed by atoms with Crippen LogP contribution in [-0.4, -0.2) is 20.6 Å². The Kier molecular flexibility index (Phi) is 3.28. The predicted molar refractivity (Wildman–Crippen MR) is 69.0 cm³/mol. The zero-order valence-corrected chi connectivity index (χ0v) is 10.5. The summed E-state index contributed by atoms with van der Waals surface area (Å²) < 4.78 is 1.46. The normalized spacial score (nSPS) is 10.2. The maximum atomic E-state index is 12.0. The van der Waals surface area contributed by atoms with Gasteiger partial charge < -0.3 is 5.32 Å². The minimum absolute atomic E-state index is 0.0704. The Bertz CT molecular complexity index is 648. The number of hydrogen-bond donors (Lipinski definition) is 1. The second-order valence-corrected chi connectivity index (χ2v) is 4.06. The molecular formula is C12H12N4O3. The van der Waals surface area contributed by atoms with E-state index < -0.39 is 4.92 Å². The highest BCUT2D eigenvalue weighted by atomic mass is 16.6. The van der Waals surface area contributed by atoms with Crippen LogP contribution in [0, 0.1) is 17.0 Å². The molecule has 0 radical (unpaired) electrons. The summed E-state index contributed by atoms with van der Waals surface area (Å²) in [5.41, 5.74) is 1.42. The number of carbonyl (C=O) groups excluding carboxylic acids is 1. The number of benzene rings is 1. The summed E-state index contributed by atoms with van der Waals surface area (Å²) in [6, 6.07) is 7.42. The first-order valence-corrected chi connectivity index (χ1v) is 5.54. The highest BCUT2D eigenvalue weighted by Gasteiger charge is 2.13. The van der Waals surface area contributed by atoms with Gasteiger partial charge in [0, 0.05) is 24.9 Å². The van der Waals surface area contributed by atoms with Crippen molar-refractivity contribution < 1.29 is 9.72 Å². The van der Waals surface area contributed by atoms with E-state index in [1.807, 2.05) is 0 Å². The van der Waals surface area contributed by atoms with Crippen molar-refractivity contribution in [3.05, 3.63) is 51.8 Å². The first kappa shape index (κ1) is 12.7. The lowest BCUT2D eigenvalue weighted by Gasteiger charge is -2.04. The molecule has 1 aromatic carbocycles. The molecule has 1 aromatic heterocycles. The standard InChI is InChI=1S/C12H12N4O3/c1-8-6-11(15(2)14-8)12(17)13-9-4-3-5-10(7-9)16(18)19/h3-7H,1-2H3,(H,13,17). The number of anilines is 1. The van der Waals surface area contributed by atoms with Gasteiger partial charge in [0.05, 0.1) is 10.6 Å². The van der Waals surface area contributed by atoms with E-state index in [4.69, 9.17) is 0 Å². The van der Waals surface area contributed by atoms with Crippen molar-refractivity contribution in [1.29, 1.82) is 0 Å². The molecule has 0 saturated carbocycles. The molecular weight excluding hydrogens is 248 g/mol. The van der Waals surface area contributed by atoms with Crippen molar-refractivity contribution in [2.24, 2.45) is 7.05 Å². The SMILES string of the molecule is Cc1cc(C(=O)Nc2cccc([N+](=O)[O-])c2)n(C)n1. The van der Waals surface area contributed by atoms with Crippen LogP contribution in [0.15, 0.2) is 30.3 Å². The van der Waals surface area contributed by atoms with Crippen molar-refractivity contribution in [2.45, 2.75) is 6.92 Å². The molecule has 98 valence electrons. The van der Waals surface area contributed by atoms with E-state index in [2.05, 4.69) is 10.4 Å². The maximum absolute atomic E-state index is 12.0. The molecule has 1 N–H and O–H groups in total. The van der Waals surface area contributed by atoms with Crippen LogP contribution >= 0.6 is 0 Å². The third-order valence-electron chi connectivity index (χ3n) is 2.55. The molecule has 0 spiro atoms. The van der Waals surface area contributed by atoms with E-state index in [1.54, 1.807) is 26.1 Å². The predicted octanol–water partition coefficient (Wildman–Crippen LogP) is 1.89. The van der Waals surface area contributed by atoms with Gasteiger partial charge in [-0.1, -0.05) is 6.07 Å². The second kappa shape index (κ2) is 4.89. The Morgan fingerprint density at radius 3 is 2.74 bits per heavy atom. The second-order valence-electron chi connectivity index (χ2n) is 4.06. The van der Waals surface area contributed by atoms with Crippen LogP contribution in [-0.2, 0) is 7.05 Å². The molecule has 0 aliphatic rings. The highest BCUT2D eigenvalue weighted by Crippen LogP contribution is 2.17. The molecule has 2 aromatic rings. The Labute approximate surface area is 109 Å². The average molecular weight is 260 g/mol. The number of amides is 1. The van der Waals surface area contributed by atoms with Crippen molar-refractivity contribution in [3.63, 3.8) is 0 Å². The number of nitrogens with one attached hydrogen (secondary N) is 1. The Morgan fingerprint density at radius 1 is 1.42 bits per heavy atom. The van der Waals surface area contributed by atoms with Crippen molar-refractivity contribution in [3.8, 4) is 0 Å². The number of carbonyl (C=O) groups is 1. The lowest BCUT2D eigenvalue weighted by Crippen LogP contribution is -2.16. The van der Waals surface area contributed by atoms with Gasteiger partial charge in [0.25, 0.3) is 11.6 Å². The molecule has 7 heteroatoms. The number of rotatable bonds is 3. The molecule has 0 fully saturated rings. The van der Waals surface area contributed by atoms with Gasteiger partial charge in [-0.15, -0.1) is 0 Å². The minimum atomic E-state index is -0.510. The van der Waals surface area contributed by atoms with Crippen LogP contribution in [0.5, 0.6) is 0 Å². The van der Waals surface area contributed by atoms with Crippen LogP contribution < -0.4 is 5.32 Å². The average Bonchev–Trinajstić information content (AvgIpc) is 2.69. The lowest BCUT2D eigenvalue weighted by atomic mass is 10.2. The zero-order chi connectivity index (χ0) is 14.0. The molecule has 0 atom stereocenters. The van der Waals surface area contributed by atoms with E-state index in [0.717, 1.165) is 5.69 Å². The monoisotopic (exact) mass is 260 g/mol. The van der Waals surface area contributed by atoms with E-state index in [1.165, 1.54) is 22.9 Å². The summed E-state index contributed by atoms with van der Waals surface area (Å²) in [5.74, 6) is -0.358. The van der Waals surface area contributed by atoms with Crippen molar-refractivity contribution in [1.82, 2.24) is 9.78 Å². The fraction of sp³-hybridized carbons (Fsp3) is 0.167. The Hall–Kier alpha value is -2.70. The number of nitro benzene ring substituents is 1. The molecule has 1 amide bonds. The first-order valence-electron chi connectivity index (χ1n) is 5.54. The topological polar surface area (TPSA) is 90.1 Å². The summed E-state index contributed by atoms with van der Waals surface area (Å²) in [6.45, 7) is 1.78. The number of aryl methyl sites for hydroxylation is 2. The van der Waals surface area contributed by atoms with E-state index >= 15 is 0 Å². The quantitative estimate of drug-likeness (QED) is 0.674.